The number of halogens is 3. The highest BCUT2D eigenvalue weighted by Gasteiger charge is 2.69. The van der Waals surface area contributed by atoms with E-state index in [9.17, 15) is 19.5 Å². The molecular weight excluding hydrogens is 570 g/mol. The van der Waals surface area contributed by atoms with E-state index in [1.165, 1.54) is 18.3 Å². The zero-order valence-corrected chi connectivity index (χ0v) is 23.4. The number of aliphatic imine (C=N–C) groups is 1. The van der Waals surface area contributed by atoms with Crippen LogP contribution in [0.25, 0.3) is 0 Å². The molecule has 41 heavy (non-hydrogen) atoms. The molecule has 3 fully saturated rings. The third kappa shape index (κ3) is 4.75. The average molecular weight is 597 g/mol. The molecule has 1 spiro atoms. The summed E-state index contributed by atoms with van der Waals surface area (Å²) in [6, 6.07) is 10.8. The maximum absolute atomic E-state index is 16.4. The van der Waals surface area contributed by atoms with Gasteiger partial charge in [-0.3, -0.25) is 14.5 Å². The van der Waals surface area contributed by atoms with Gasteiger partial charge >= 0.3 is 5.97 Å². The van der Waals surface area contributed by atoms with Crippen LogP contribution in [0.1, 0.15) is 28.8 Å². The van der Waals surface area contributed by atoms with Gasteiger partial charge in [-0.1, -0.05) is 35.8 Å². The van der Waals surface area contributed by atoms with Crippen LogP contribution in [0.3, 0.4) is 0 Å². The van der Waals surface area contributed by atoms with Gasteiger partial charge < -0.3 is 15.3 Å². The molecule has 1 saturated carbocycles. The van der Waals surface area contributed by atoms with E-state index in [-0.39, 0.29) is 35.5 Å². The number of aromatic carboxylic acids is 1. The Labute approximate surface area is 246 Å². The molecule has 8 nitrogen and oxygen atoms in total. The highest BCUT2D eigenvalue weighted by molar-refractivity contribution is 6.31. The predicted octanol–water partition coefficient (Wildman–Crippen LogP) is 5.28. The highest BCUT2D eigenvalue weighted by Crippen LogP contribution is 2.56. The molecule has 11 heteroatoms. The van der Waals surface area contributed by atoms with Crippen LogP contribution >= 0.6 is 23.2 Å². The van der Waals surface area contributed by atoms with E-state index in [0.717, 1.165) is 24.5 Å². The maximum Gasteiger partial charge on any atom is 0.335 e. The third-order valence-electron chi connectivity index (χ3n) is 8.62. The number of likely N-dealkylation sites (tertiary alicyclic amines) is 1. The molecule has 2 aromatic rings. The molecule has 2 saturated heterocycles. The van der Waals surface area contributed by atoms with Gasteiger partial charge in [0.2, 0.25) is 11.8 Å². The largest absolute Gasteiger partial charge is 0.478 e. The minimum Gasteiger partial charge on any atom is -0.478 e. The Morgan fingerprint density at radius 3 is 2.61 bits per heavy atom. The summed E-state index contributed by atoms with van der Waals surface area (Å²) in [6.45, 7) is 4.28. The number of benzene rings is 2. The lowest BCUT2D eigenvalue weighted by Crippen LogP contribution is -2.63. The molecule has 0 radical (unpaired) electrons. The lowest BCUT2D eigenvalue weighted by Gasteiger charge is -2.46. The molecule has 2 amide bonds. The van der Waals surface area contributed by atoms with Crippen molar-refractivity contribution >= 4 is 58.6 Å². The van der Waals surface area contributed by atoms with Crippen LogP contribution in [0.15, 0.2) is 71.1 Å². The Hall–Kier alpha value is -3.53. The average Bonchev–Trinajstić information content (AvgIpc) is 3.64. The number of rotatable bonds is 7. The normalized spacial score (nSPS) is 27.8. The van der Waals surface area contributed by atoms with E-state index >= 15 is 4.39 Å². The SMILES string of the molecule is C=C(Cl)N=C/C=C(\F)[C@H]1[C@@H]2C(=O)N(c3ccc(C(=O)O)cc3)C[C@@H]2N(CC2CC2)[C@]12Cc1ccc(Cl)cc1NC2=O. The molecule has 2 aromatic carbocycles. The van der Waals surface area contributed by atoms with Crippen molar-refractivity contribution in [1.82, 2.24) is 4.90 Å². The molecule has 212 valence electrons. The molecular formula is C30H27Cl2FN4O4. The first-order valence-electron chi connectivity index (χ1n) is 13.4. The van der Waals surface area contributed by atoms with E-state index in [1.54, 1.807) is 29.2 Å². The van der Waals surface area contributed by atoms with Gasteiger partial charge in [0.15, 0.2) is 0 Å². The number of carboxylic acid groups (broad SMARTS) is 1. The van der Waals surface area contributed by atoms with E-state index in [1.807, 2.05) is 6.07 Å². The van der Waals surface area contributed by atoms with Crippen LogP contribution in [0.5, 0.6) is 0 Å². The lowest BCUT2D eigenvalue weighted by atomic mass is 9.72. The van der Waals surface area contributed by atoms with Gasteiger partial charge in [-0.2, -0.15) is 0 Å². The number of allylic oxidation sites excluding steroid dienone is 1. The molecule has 1 aliphatic carbocycles. The summed E-state index contributed by atoms with van der Waals surface area (Å²) >= 11 is 11.9. The van der Waals surface area contributed by atoms with Crippen molar-refractivity contribution in [3.05, 3.63) is 82.3 Å². The number of anilines is 2. The molecule has 3 heterocycles. The molecule has 0 bridgehead atoms. The van der Waals surface area contributed by atoms with Crippen LogP contribution in [-0.4, -0.2) is 58.7 Å². The summed E-state index contributed by atoms with van der Waals surface area (Å²) in [5.41, 5.74) is 0.640. The summed E-state index contributed by atoms with van der Waals surface area (Å²) < 4.78 is 16.4. The first-order chi connectivity index (χ1) is 19.6. The minimum atomic E-state index is -1.36. The van der Waals surface area contributed by atoms with Crippen molar-refractivity contribution < 1.29 is 23.9 Å². The number of nitrogens with one attached hydrogen (secondary N) is 1. The topological polar surface area (TPSA) is 102 Å². The van der Waals surface area contributed by atoms with Gasteiger partial charge in [0.25, 0.3) is 0 Å². The van der Waals surface area contributed by atoms with E-state index in [0.29, 0.717) is 28.9 Å². The fourth-order valence-electron chi connectivity index (χ4n) is 6.65. The molecule has 4 aliphatic rings. The number of nitrogens with zero attached hydrogens (tertiary/aromatic N) is 3. The molecule has 2 N–H and O–H groups in total. The molecule has 3 aliphatic heterocycles. The third-order valence-corrected chi connectivity index (χ3v) is 8.95. The van der Waals surface area contributed by atoms with Crippen molar-refractivity contribution in [3.8, 4) is 0 Å². The summed E-state index contributed by atoms with van der Waals surface area (Å²) in [5, 5.41) is 12.7. The minimum absolute atomic E-state index is 0.0300. The standard InChI is InChI=1S/C30H27Cl2FN4O4/c1-16(31)34-11-10-22(33)26-25-24(15-36(27(25)38)21-8-5-18(6-9-21)28(39)40)37(14-17-2-3-17)30(26)13-19-4-7-20(32)12-23(19)35-29(30)41/h4-12,17,24-26H,1-3,13-15H2,(H,35,41)(H,39,40)/b22-10-,34-11?/t24-,25+,26-,30+/m0/s1. The number of hydrogen-bond acceptors (Lipinski definition) is 5. The van der Waals surface area contributed by atoms with Gasteiger partial charge in [-0.25, -0.2) is 14.2 Å². The summed E-state index contributed by atoms with van der Waals surface area (Å²) in [6.07, 6.45) is 4.54. The Morgan fingerprint density at radius 1 is 1.22 bits per heavy atom. The van der Waals surface area contributed by atoms with Crippen LogP contribution in [-0.2, 0) is 16.0 Å². The first-order valence-corrected chi connectivity index (χ1v) is 14.1. The monoisotopic (exact) mass is 596 g/mol. The number of carboxylic acids is 1. The van der Waals surface area contributed by atoms with Crippen molar-refractivity contribution in [1.29, 1.82) is 0 Å². The zero-order valence-electron chi connectivity index (χ0n) is 21.9. The van der Waals surface area contributed by atoms with Crippen molar-refractivity contribution in [2.45, 2.75) is 30.8 Å². The first kappa shape index (κ1) is 27.6. The quantitative estimate of drug-likeness (QED) is 0.334. The van der Waals surface area contributed by atoms with Crippen LogP contribution in [0.2, 0.25) is 5.02 Å². The fourth-order valence-corrected chi connectivity index (χ4v) is 6.88. The van der Waals surface area contributed by atoms with Crippen LogP contribution in [0.4, 0.5) is 15.8 Å². The number of carbonyl (C=O) groups excluding carboxylic acids is 2. The van der Waals surface area contributed by atoms with Crippen molar-refractivity contribution in [3.63, 3.8) is 0 Å². The Bertz CT molecular complexity index is 1520. The second-order valence-corrected chi connectivity index (χ2v) is 11.9. The Balaban J connectivity index is 1.47. The summed E-state index contributed by atoms with van der Waals surface area (Å²) in [5.74, 6) is -4.05. The molecule has 0 unspecified atom stereocenters. The number of hydrogen-bond donors (Lipinski definition) is 2. The Kier molecular flexibility index (Phi) is 7.00. The van der Waals surface area contributed by atoms with Crippen LogP contribution < -0.4 is 10.2 Å². The fraction of sp³-hybridized carbons (Fsp3) is 0.333. The number of carbonyl (C=O) groups is 3. The van der Waals surface area contributed by atoms with Gasteiger partial charge in [-0.05, 0) is 66.8 Å². The van der Waals surface area contributed by atoms with Crippen LogP contribution in [0, 0.1) is 17.8 Å². The summed E-state index contributed by atoms with van der Waals surface area (Å²) in [7, 11) is 0. The van der Waals surface area contributed by atoms with Gasteiger partial charge in [0, 0.05) is 48.2 Å². The van der Waals surface area contributed by atoms with Gasteiger partial charge in [0.1, 0.15) is 16.5 Å². The smallest absolute Gasteiger partial charge is 0.335 e. The summed E-state index contributed by atoms with van der Waals surface area (Å²) in [4.78, 5) is 47.1. The second kappa shape index (κ2) is 10.4. The van der Waals surface area contributed by atoms with Crippen molar-refractivity contribution in [2.24, 2.45) is 22.7 Å². The van der Waals surface area contributed by atoms with E-state index in [2.05, 4.69) is 21.8 Å². The van der Waals surface area contributed by atoms with E-state index in [4.69, 9.17) is 23.2 Å². The van der Waals surface area contributed by atoms with Gasteiger partial charge in [0.05, 0.1) is 17.4 Å². The molecule has 4 atom stereocenters. The Morgan fingerprint density at radius 2 is 1.95 bits per heavy atom. The molecule has 6 rings (SSSR count). The maximum atomic E-state index is 16.4. The van der Waals surface area contributed by atoms with Gasteiger partial charge in [-0.15, -0.1) is 0 Å². The molecule has 0 aromatic heterocycles. The highest BCUT2D eigenvalue weighted by atomic mass is 35.5. The lowest BCUT2D eigenvalue weighted by molar-refractivity contribution is -0.130. The predicted molar refractivity (Wildman–Crippen MR) is 155 cm³/mol. The zero-order chi connectivity index (χ0) is 29.1. The van der Waals surface area contributed by atoms with E-state index < -0.39 is 35.2 Å². The second-order valence-electron chi connectivity index (χ2n) is 11.0. The van der Waals surface area contributed by atoms with Crippen molar-refractivity contribution in [2.75, 3.05) is 23.3 Å². The number of fused-ring (bicyclic) bond motifs is 2. The number of amides is 2.